The van der Waals surface area contributed by atoms with E-state index in [1.54, 1.807) is 0 Å². The van der Waals surface area contributed by atoms with Gasteiger partial charge in [0.05, 0.1) is 0 Å². The van der Waals surface area contributed by atoms with Gasteiger partial charge in [0.2, 0.25) is 0 Å². The summed E-state index contributed by atoms with van der Waals surface area (Å²) in [7, 11) is 2.42. The van der Waals surface area contributed by atoms with Crippen LogP contribution in [0.4, 0.5) is 0 Å². The number of hydrogen-bond acceptors (Lipinski definition) is 1. The van der Waals surface area contributed by atoms with E-state index in [-0.39, 0.29) is 26.2 Å². The maximum atomic E-state index is 4.42. The SMILES string of the molecule is [SiH2]O[SiH3].[Zr]. The Hall–Kier alpha value is 1.28. The minimum absolute atomic E-state index is 0. The smallest absolute Gasteiger partial charge is 0.157 e. The molecule has 1 nitrogen and oxygen atoms in total. The van der Waals surface area contributed by atoms with Crippen molar-refractivity contribution in [1.29, 1.82) is 0 Å². The normalized spacial score (nSPS) is 5.25. The van der Waals surface area contributed by atoms with Crippen molar-refractivity contribution >= 4 is 21.0 Å². The van der Waals surface area contributed by atoms with Crippen LogP contribution in [0.5, 0.6) is 0 Å². The molecule has 0 heterocycles. The van der Waals surface area contributed by atoms with Crippen molar-refractivity contribution in [1.82, 2.24) is 0 Å². The first kappa shape index (κ1) is 8.99. The van der Waals surface area contributed by atoms with Gasteiger partial charge in [0.25, 0.3) is 0 Å². The van der Waals surface area contributed by atoms with Gasteiger partial charge in [-0.1, -0.05) is 0 Å². The molecule has 0 amide bonds. The first-order chi connectivity index (χ1) is 1.41. The summed E-state index contributed by atoms with van der Waals surface area (Å²) in [4.78, 5) is 0. The minimum atomic E-state index is 0. The van der Waals surface area contributed by atoms with E-state index in [0.29, 0.717) is 0 Å². The van der Waals surface area contributed by atoms with Gasteiger partial charge in [-0.15, -0.1) is 0 Å². The third-order valence-electron chi connectivity index (χ3n) is 0. The summed E-state index contributed by atoms with van der Waals surface area (Å²) in [6.07, 6.45) is 0. The molecule has 4 heavy (non-hydrogen) atoms. The zero-order valence-electron chi connectivity index (χ0n) is 2.62. The van der Waals surface area contributed by atoms with Gasteiger partial charge in [-0.05, 0) is 0 Å². The Balaban J connectivity index is 0. The quantitative estimate of drug-likeness (QED) is 0.374. The van der Waals surface area contributed by atoms with E-state index < -0.39 is 0 Å². The number of hydrogen-bond donors (Lipinski definition) is 0. The average molecular weight is 168 g/mol. The molecule has 0 spiro atoms. The van der Waals surface area contributed by atoms with E-state index in [4.69, 9.17) is 0 Å². The van der Waals surface area contributed by atoms with Crippen molar-refractivity contribution in [3.8, 4) is 0 Å². The van der Waals surface area contributed by atoms with Gasteiger partial charge in [0.1, 0.15) is 10.5 Å². The fraction of sp³-hybridized carbons (Fsp3) is 0. The van der Waals surface area contributed by atoms with Crippen molar-refractivity contribution in [2.45, 2.75) is 0 Å². The summed E-state index contributed by atoms with van der Waals surface area (Å²) < 4.78 is 4.42. The molecule has 0 rings (SSSR count). The maximum Gasteiger partial charge on any atom is 0.157 e. The Morgan fingerprint density at radius 2 is 1.75 bits per heavy atom. The van der Waals surface area contributed by atoms with Crippen molar-refractivity contribution in [2.75, 3.05) is 0 Å². The number of rotatable bonds is 0. The predicted molar refractivity (Wildman–Crippen MR) is 19.6 cm³/mol. The van der Waals surface area contributed by atoms with Gasteiger partial charge in [-0.3, -0.25) is 0 Å². The van der Waals surface area contributed by atoms with Crippen LogP contribution in [0.3, 0.4) is 0 Å². The molecule has 0 unspecified atom stereocenters. The van der Waals surface area contributed by atoms with Crippen LogP contribution >= 0.6 is 0 Å². The van der Waals surface area contributed by atoms with E-state index >= 15 is 0 Å². The first-order valence-corrected chi connectivity index (χ1v) is 2.09. The van der Waals surface area contributed by atoms with E-state index in [1.807, 2.05) is 0 Å². The molecule has 0 saturated heterocycles. The summed E-state index contributed by atoms with van der Waals surface area (Å²) in [6, 6.07) is 0. The second kappa shape index (κ2) is 8.86. The molecular formula is H5OSi2Zr. The topological polar surface area (TPSA) is 9.23 Å². The third kappa shape index (κ3) is 10.4. The molecule has 23 valence electrons. The second-order valence-electron chi connectivity index (χ2n) is 0.289. The van der Waals surface area contributed by atoms with E-state index in [1.165, 1.54) is 10.5 Å². The molecule has 0 bridgehead atoms. The molecule has 0 N–H and O–H groups in total. The summed E-state index contributed by atoms with van der Waals surface area (Å²) >= 11 is 0. The van der Waals surface area contributed by atoms with Crippen molar-refractivity contribution in [3.63, 3.8) is 0 Å². The largest absolute Gasteiger partial charge is 0.468 e. The molecule has 0 aliphatic heterocycles. The van der Waals surface area contributed by atoms with Gasteiger partial charge in [0.15, 0.2) is 10.5 Å². The zero-order chi connectivity index (χ0) is 2.71. The van der Waals surface area contributed by atoms with Gasteiger partial charge >= 0.3 is 0 Å². The molecule has 0 aromatic carbocycles. The zero-order valence-corrected chi connectivity index (χ0v) is 8.49. The minimum Gasteiger partial charge on any atom is -0.468 e. The Morgan fingerprint density at radius 1 is 1.75 bits per heavy atom. The molecule has 4 heteroatoms. The molecule has 0 fully saturated rings. The molecule has 0 aliphatic carbocycles. The van der Waals surface area contributed by atoms with Gasteiger partial charge in [0, 0.05) is 26.2 Å². The third-order valence-corrected chi connectivity index (χ3v) is 0. The van der Waals surface area contributed by atoms with Gasteiger partial charge in [-0.25, -0.2) is 0 Å². The molecule has 0 aromatic rings. The van der Waals surface area contributed by atoms with Crippen LogP contribution in [0.2, 0.25) is 0 Å². The van der Waals surface area contributed by atoms with Gasteiger partial charge < -0.3 is 4.12 Å². The fourth-order valence-electron chi connectivity index (χ4n) is 0. The fourth-order valence-corrected chi connectivity index (χ4v) is 0. The van der Waals surface area contributed by atoms with Crippen LogP contribution in [0.1, 0.15) is 0 Å². The van der Waals surface area contributed by atoms with E-state index in [9.17, 15) is 0 Å². The van der Waals surface area contributed by atoms with Crippen LogP contribution < -0.4 is 0 Å². The molecule has 0 aliphatic rings. The monoisotopic (exact) mass is 167 g/mol. The molecule has 1 radical (unpaired) electrons. The summed E-state index contributed by atoms with van der Waals surface area (Å²) in [5, 5.41) is 0. The van der Waals surface area contributed by atoms with Crippen molar-refractivity contribution < 1.29 is 30.3 Å². The molecular weight excluding hydrogens is 163 g/mol. The average Bonchev–Trinajstić information content (AvgIpc) is 0.918. The first-order valence-electron chi connectivity index (χ1n) is 0.697. The van der Waals surface area contributed by atoms with E-state index in [0.717, 1.165) is 10.5 Å². The van der Waals surface area contributed by atoms with Crippen LogP contribution in [0, 0.1) is 0 Å². The second-order valence-corrected chi connectivity index (χ2v) is 2.60. The predicted octanol–water partition coefficient (Wildman–Crippen LogP) is -2.17. The molecule has 0 atom stereocenters. The standard InChI is InChI=1S/H5OSi2.Zr/c2-1-3;/h2H2,3H3;. The molecule has 0 aromatic heterocycles. The Bertz CT molecular complexity index is 6.00. The van der Waals surface area contributed by atoms with Crippen LogP contribution in [-0.2, 0) is 30.3 Å². The summed E-state index contributed by atoms with van der Waals surface area (Å²) in [6.45, 7) is 0. The maximum absolute atomic E-state index is 4.42. The molecule has 0 saturated carbocycles. The van der Waals surface area contributed by atoms with Crippen LogP contribution in [0.25, 0.3) is 0 Å². The Morgan fingerprint density at radius 3 is 1.75 bits per heavy atom. The van der Waals surface area contributed by atoms with Crippen molar-refractivity contribution in [3.05, 3.63) is 0 Å². The summed E-state index contributed by atoms with van der Waals surface area (Å²) in [5.41, 5.74) is 0. The summed E-state index contributed by atoms with van der Waals surface area (Å²) in [5.74, 6) is 0. The van der Waals surface area contributed by atoms with Crippen LogP contribution in [-0.4, -0.2) is 21.0 Å². The Labute approximate surface area is 51.3 Å². The van der Waals surface area contributed by atoms with Crippen molar-refractivity contribution in [2.24, 2.45) is 0 Å². The van der Waals surface area contributed by atoms with Gasteiger partial charge in [-0.2, -0.15) is 0 Å². The van der Waals surface area contributed by atoms with E-state index in [2.05, 4.69) is 4.12 Å². The van der Waals surface area contributed by atoms with Crippen LogP contribution in [0.15, 0.2) is 0 Å². The Kier molecular flexibility index (Phi) is 19.9.